The summed E-state index contributed by atoms with van der Waals surface area (Å²) >= 11 is 0.938. The Morgan fingerprint density at radius 2 is 1.93 bits per heavy atom. The molecule has 8 nitrogen and oxygen atoms in total. The third kappa shape index (κ3) is 5.48. The molecule has 1 aromatic heterocycles. The Bertz CT molecular complexity index is 1650. The summed E-state index contributed by atoms with van der Waals surface area (Å²) in [5.41, 5.74) is 3.51. The molecule has 2 atom stereocenters. The molecule has 42 heavy (non-hydrogen) atoms. The maximum absolute atomic E-state index is 16.0. The number of likely N-dealkylation sites (tertiary alicyclic amines) is 1. The normalized spacial score (nSPS) is 19.1. The van der Waals surface area contributed by atoms with Crippen LogP contribution in [0.15, 0.2) is 71.9 Å². The van der Waals surface area contributed by atoms with Gasteiger partial charge in [-0.3, -0.25) is 4.90 Å². The second-order valence-corrected chi connectivity index (χ2v) is 13.3. The smallest absolute Gasteiger partial charge is 0.269 e. The lowest BCUT2D eigenvalue weighted by Crippen LogP contribution is -2.39. The molecule has 0 saturated carbocycles. The maximum Gasteiger partial charge on any atom is 0.269 e. The van der Waals surface area contributed by atoms with E-state index in [0.29, 0.717) is 30.1 Å². The Balaban J connectivity index is 1.36. The summed E-state index contributed by atoms with van der Waals surface area (Å²) in [5, 5.41) is 0.153. The minimum Gasteiger partial charge on any atom is -0.497 e. The summed E-state index contributed by atoms with van der Waals surface area (Å²) < 4.78 is 60.7. The fraction of sp³-hybridized carbons (Fsp3) is 0.355. The van der Waals surface area contributed by atoms with Crippen LogP contribution in [-0.4, -0.2) is 42.9 Å². The largest absolute Gasteiger partial charge is 0.497 e. The lowest BCUT2D eigenvalue weighted by Gasteiger charge is -2.43. The number of methoxy groups -OCH3 is 1. The molecule has 0 bridgehead atoms. The van der Waals surface area contributed by atoms with Crippen LogP contribution in [0.3, 0.4) is 0 Å². The van der Waals surface area contributed by atoms with Crippen LogP contribution >= 0.6 is 11.5 Å². The van der Waals surface area contributed by atoms with Crippen LogP contribution in [0, 0.1) is 12.7 Å². The molecule has 3 heterocycles. The summed E-state index contributed by atoms with van der Waals surface area (Å²) in [6.07, 6.45) is 5.21. The van der Waals surface area contributed by atoms with Gasteiger partial charge in [0, 0.05) is 41.7 Å². The van der Waals surface area contributed by atoms with Crippen molar-refractivity contribution in [2.24, 2.45) is 0 Å². The monoisotopic (exact) mass is 608 g/mol. The molecular formula is C31H33FN4O4S2. The van der Waals surface area contributed by atoms with E-state index < -0.39 is 20.7 Å². The highest BCUT2D eigenvalue weighted by molar-refractivity contribution is 7.93. The molecule has 0 spiro atoms. The van der Waals surface area contributed by atoms with Crippen molar-refractivity contribution in [3.8, 4) is 11.5 Å². The van der Waals surface area contributed by atoms with E-state index in [4.69, 9.17) is 9.47 Å². The number of anilines is 1. The minimum atomic E-state index is -4.37. The Morgan fingerprint density at radius 3 is 2.67 bits per heavy atom. The molecule has 1 saturated heterocycles. The van der Waals surface area contributed by atoms with Crippen LogP contribution in [-0.2, 0) is 16.6 Å². The van der Waals surface area contributed by atoms with Crippen molar-refractivity contribution in [2.75, 3.05) is 24.6 Å². The van der Waals surface area contributed by atoms with E-state index in [2.05, 4.69) is 26.4 Å². The second-order valence-electron chi connectivity index (χ2n) is 10.7. The van der Waals surface area contributed by atoms with Crippen LogP contribution in [0.25, 0.3) is 0 Å². The number of benzene rings is 3. The fourth-order valence-corrected chi connectivity index (χ4v) is 8.25. The molecule has 0 radical (unpaired) electrons. The number of halogens is 1. The summed E-state index contributed by atoms with van der Waals surface area (Å²) in [4.78, 5) is 6.16. The van der Waals surface area contributed by atoms with Gasteiger partial charge >= 0.3 is 0 Å². The molecule has 0 aliphatic carbocycles. The number of fused-ring (bicyclic) bond motifs is 1. The number of aromatic nitrogens is 2. The standard InChI is InChI=1S/C31H33FN4O4S2/c1-21-16-24(39-2)12-11-23(21)19-36(31-33-20-34-41-31)42(37,38)30-18-29-25(17-26(30)32)28(13-15-40-29)35-14-7-6-10-27(35)22-8-4-3-5-9-22/h3-5,8-9,11-12,16-18,20,27-28H,6-7,10,13-15,19H2,1-2H3/t27-,28?/m0/s1. The van der Waals surface area contributed by atoms with E-state index in [1.54, 1.807) is 19.2 Å². The van der Waals surface area contributed by atoms with Gasteiger partial charge < -0.3 is 9.47 Å². The first-order chi connectivity index (χ1) is 20.4. The second kappa shape index (κ2) is 12.0. The molecule has 6 rings (SSSR count). The zero-order valence-electron chi connectivity index (χ0n) is 23.6. The quantitative estimate of drug-likeness (QED) is 0.228. The summed E-state index contributed by atoms with van der Waals surface area (Å²) in [7, 11) is -2.80. The Labute approximate surface area is 249 Å². The van der Waals surface area contributed by atoms with Gasteiger partial charge in [-0.15, -0.1) is 0 Å². The minimum absolute atomic E-state index is 0.0418. The van der Waals surface area contributed by atoms with Gasteiger partial charge in [-0.2, -0.15) is 4.37 Å². The van der Waals surface area contributed by atoms with Crippen molar-refractivity contribution in [1.82, 2.24) is 14.3 Å². The van der Waals surface area contributed by atoms with E-state index in [1.165, 1.54) is 24.0 Å². The molecule has 0 N–H and O–H groups in total. The van der Waals surface area contributed by atoms with Crippen molar-refractivity contribution in [3.63, 3.8) is 0 Å². The van der Waals surface area contributed by atoms with Crippen molar-refractivity contribution in [1.29, 1.82) is 0 Å². The van der Waals surface area contributed by atoms with E-state index in [-0.39, 0.29) is 23.8 Å². The highest BCUT2D eigenvalue weighted by atomic mass is 32.2. The van der Waals surface area contributed by atoms with Crippen LogP contribution in [0.1, 0.15) is 60.0 Å². The highest BCUT2D eigenvalue weighted by Crippen LogP contribution is 2.45. The molecule has 2 aliphatic heterocycles. The predicted molar refractivity (Wildman–Crippen MR) is 160 cm³/mol. The Morgan fingerprint density at radius 1 is 1.10 bits per heavy atom. The molecule has 1 fully saturated rings. The molecule has 220 valence electrons. The molecule has 3 aromatic carbocycles. The number of hydrogen-bond acceptors (Lipinski definition) is 8. The molecule has 1 unspecified atom stereocenters. The predicted octanol–water partition coefficient (Wildman–Crippen LogP) is 6.44. The first-order valence-electron chi connectivity index (χ1n) is 14.1. The van der Waals surface area contributed by atoms with Gasteiger partial charge in [0.1, 0.15) is 28.5 Å². The Hall–Kier alpha value is -3.54. The average molecular weight is 609 g/mol. The SMILES string of the molecule is COc1ccc(CN(c2ncns2)S(=O)(=O)c2cc3c(cc2F)C(N2CCCC[C@H]2c2ccccc2)CCO3)c(C)c1. The number of piperidine rings is 1. The van der Waals surface area contributed by atoms with Crippen molar-refractivity contribution >= 4 is 26.7 Å². The lowest BCUT2D eigenvalue weighted by molar-refractivity contribution is 0.0665. The zero-order valence-corrected chi connectivity index (χ0v) is 25.2. The van der Waals surface area contributed by atoms with Gasteiger partial charge in [-0.05, 0) is 61.2 Å². The number of rotatable bonds is 8. The molecular weight excluding hydrogens is 575 g/mol. The van der Waals surface area contributed by atoms with E-state index in [1.807, 2.05) is 31.2 Å². The van der Waals surface area contributed by atoms with E-state index in [9.17, 15) is 8.42 Å². The zero-order chi connectivity index (χ0) is 29.3. The average Bonchev–Trinajstić information content (AvgIpc) is 3.54. The number of aryl methyl sites for hydroxylation is 1. The first kappa shape index (κ1) is 28.6. The van der Waals surface area contributed by atoms with Gasteiger partial charge in [-0.1, -0.05) is 42.8 Å². The van der Waals surface area contributed by atoms with Gasteiger partial charge in [0.05, 0.1) is 20.3 Å². The molecule has 11 heteroatoms. The van der Waals surface area contributed by atoms with Crippen LogP contribution in [0.2, 0.25) is 0 Å². The number of hydrogen-bond donors (Lipinski definition) is 0. The highest BCUT2D eigenvalue weighted by Gasteiger charge is 2.37. The Kier molecular flexibility index (Phi) is 8.15. The van der Waals surface area contributed by atoms with Crippen molar-refractivity contribution in [2.45, 2.75) is 56.1 Å². The number of ether oxygens (including phenoxy) is 2. The summed E-state index contributed by atoms with van der Waals surface area (Å²) in [5.74, 6) is 0.261. The van der Waals surface area contributed by atoms with Gasteiger partial charge in [0.2, 0.25) is 5.13 Å². The van der Waals surface area contributed by atoms with Gasteiger partial charge in [0.25, 0.3) is 10.0 Å². The van der Waals surface area contributed by atoms with Crippen molar-refractivity contribution in [3.05, 3.63) is 95.1 Å². The third-order valence-electron chi connectivity index (χ3n) is 8.20. The fourth-order valence-electron chi connectivity index (χ4n) is 6.05. The number of nitrogens with zero attached hydrogens (tertiary/aromatic N) is 4. The van der Waals surface area contributed by atoms with Gasteiger partial charge in [0.15, 0.2) is 0 Å². The molecule has 2 aliphatic rings. The van der Waals surface area contributed by atoms with Gasteiger partial charge in [-0.25, -0.2) is 22.1 Å². The first-order valence-corrected chi connectivity index (χ1v) is 16.3. The van der Waals surface area contributed by atoms with Crippen LogP contribution < -0.4 is 13.8 Å². The maximum atomic E-state index is 16.0. The van der Waals surface area contributed by atoms with Crippen molar-refractivity contribution < 1.29 is 22.3 Å². The van der Waals surface area contributed by atoms with Crippen LogP contribution in [0.5, 0.6) is 11.5 Å². The van der Waals surface area contributed by atoms with E-state index >= 15 is 4.39 Å². The summed E-state index contributed by atoms with van der Waals surface area (Å²) in [6, 6.07) is 18.6. The topological polar surface area (TPSA) is 84.9 Å². The van der Waals surface area contributed by atoms with Crippen LogP contribution in [0.4, 0.5) is 9.52 Å². The lowest BCUT2D eigenvalue weighted by atomic mass is 9.89. The third-order valence-corrected chi connectivity index (χ3v) is 10.8. The van der Waals surface area contributed by atoms with E-state index in [0.717, 1.165) is 52.8 Å². The molecule has 4 aromatic rings. The molecule has 0 amide bonds. The number of sulfonamides is 1. The summed E-state index contributed by atoms with van der Waals surface area (Å²) in [6.45, 7) is 3.14.